The molecule has 1 amide bonds. The van der Waals surface area contributed by atoms with Crippen LogP contribution in [0, 0.1) is 6.92 Å². The van der Waals surface area contributed by atoms with Gasteiger partial charge in [0.15, 0.2) is 0 Å². The zero-order valence-corrected chi connectivity index (χ0v) is 15.2. The summed E-state index contributed by atoms with van der Waals surface area (Å²) < 4.78 is 26.6. The summed E-state index contributed by atoms with van der Waals surface area (Å²) in [5.74, 6) is -0.454. The Kier molecular flexibility index (Phi) is 6.23. The minimum Gasteiger partial charge on any atom is -0.351 e. The van der Waals surface area contributed by atoms with Gasteiger partial charge in [0.25, 0.3) is 0 Å². The average Bonchev–Trinajstić information content (AvgIpc) is 2.54. The molecule has 0 aliphatic carbocycles. The number of hydrogen-bond acceptors (Lipinski definition) is 3. The Bertz CT molecular complexity index is 854. The second-order valence-corrected chi connectivity index (χ2v) is 7.69. The SMILES string of the molecule is Cc1cc(S(=O)(=O)NCC(=O)NCc2ccccc2Cl)ccc1Cl. The van der Waals surface area contributed by atoms with Crippen LogP contribution in [0.15, 0.2) is 47.4 Å². The molecule has 5 nitrogen and oxygen atoms in total. The molecule has 0 aromatic heterocycles. The van der Waals surface area contributed by atoms with Crippen molar-refractivity contribution in [3.63, 3.8) is 0 Å². The number of amides is 1. The van der Waals surface area contributed by atoms with E-state index in [9.17, 15) is 13.2 Å². The first-order chi connectivity index (χ1) is 11.3. The van der Waals surface area contributed by atoms with Crippen molar-refractivity contribution >= 4 is 39.1 Å². The van der Waals surface area contributed by atoms with Gasteiger partial charge in [0.2, 0.25) is 15.9 Å². The predicted octanol–water partition coefficient (Wildman–Crippen LogP) is 2.90. The van der Waals surface area contributed by atoms with Crippen LogP contribution in [0.5, 0.6) is 0 Å². The Labute approximate surface area is 151 Å². The van der Waals surface area contributed by atoms with E-state index >= 15 is 0 Å². The first kappa shape index (κ1) is 18.7. The molecule has 0 radical (unpaired) electrons. The number of hydrogen-bond donors (Lipinski definition) is 2. The van der Waals surface area contributed by atoms with Gasteiger partial charge in [-0.3, -0.25) is 4.79 Å². The third-order valence-corrected chi connectivity index (χ3v) is 5.49. The molecule has 0 fully saturated rings. The minimum atomic E-state index is -3.78. The van der Waals surface area contributed by atoms with E-state index in [2.05, 4.69) is 10.0 Å². The summed E-state index contributed by atoms with van der Waals surface area (Å²) in [4.78, 5) is 11.9. The molecule has 2 aromatic carbocycles. The molecule has 128 valence electrons. The highest BCUT2D eigenvalue weighted by atomic mass is 35.5. The second kappa shape index (κ2) is 7.98. The molecule has 2 aromatic rings. The molecule has 2 rings (SSSR count). The molecule has 0 spiro atoms. The van der Waals surface area contributed by atoms with Crippen LogP contribution in [0.3, 0.4) is 0 Å². The Morgan fingerprint density at radius 1 is 1.08 bits per heavy atom. The van der Waals surface area contributed by atoms with E-state index in [0.717, 1.165) is 5.56 Å². The first-order valence-electron chi connectivity index (χ1n) is 7.05. The lowest BCUT2D eigenvalue weighted by Gasteiger charge is -2.09. The summed E-state index contributed by atoms with van der Waals surface area (Å²) in [6.07, 6.45) is 0. The molecule has 0 saturated carbocycles. The molecular formula is C16H16Cl2N2O3S. The highest BCUT2D eigenvalue weighted by Gasteiger charge is 2.16. The standard InChI is InChI=1S/C16H16Cl2N2O3S/c1-11-8-13(6-7-14(11)17)24(22,23)20-10-16(21)19-9-12-4-2-3-5-15(12)18/h2-8,20H,9-10H2,1H3,(H,19,21). The third-order valence-electron chi connectivity index (χ3n) is 3.30. The summed E-state index contributed by atoms with van der Waals surface area (Å²) in [5.41, 5.74) is 1.39. The van der Waals surface area contributed by atoms with E-state index in [-0.39, 0.29) is 18.0 Å². The number of carbonyl (C=O) groups excluding carboxylic acids is 1. The van der Waals surface area contributed by atoms with Gasteiger partial charge in [0.1, 0.15) is 0 Å². The van der Waals surface area contributed by atoms with Crippen LogP contribution < -0.4 is 10.0 Å². The van der Waals surface area contributed by atoms with Gasteiger partial charge >= 0.3 is 0 Å². The van der Waals surface area contributed by atoms with Gasteiger partial charge < -0.3 is 5.32 Å². The summed E-state index contributed by atoms with van der Waals surface area (Å²) in [7, 11) is -3.78. The summed E-state index contributed by atoms with van der Waals surface area (Å²) in [6, 6.07) is 11.4. The Hall–Kier alpha value is -1.60. The molecule has 2 N–H and O–H groups in total. The summed E-state index contributed by atoms with van der Waals surface area (Å²) in [6.45, 7) is 1.56. The first-order valence-corrected chi connectivity index (χ1v) is 9.29. The fourth-order valence-corrected chi connectivity index (χ4v) is 3.31. The second-order valence-electron chi connectivity index (χ2n) is 5.10. The largest absolute Gasteiger partial charge is 0.351 e. The van der Waals surface area contributed by atoms with Gasteiger partial charge in [-0.15, -0.1) is 0 Å². The predicted molar refractivity (Wildman–Crippen MR) is 94.7 cm³/mol. The minimum absolute atomic E-state index is 0.0586. The van der Waals surface area contributed by atoms with Gasteiger partial charge in [-0.2, -0.15) is 0 Å². The third kappa shape index (κ3) is 4.95. The molecule has 0 bridgehead atoms. The Balaban J connectivity index is 1.93. The fraction of sp³-hybridized carbons (Fsp3) is 0.188. The summed E-state index contributed by atoms with van der Waals surface area (Å²) in [5, 5.41) is 3.63. The maximum atomic E-state index is 12.2. The lowest BCUT2D eigenvalue weighted by atomic mass is 10.2. The molecule has 0 aliphatic heterocycles. The average molecular weight is 387 g/mol. The van der Waals surface area contributed by atoms with Gasteiger partial charge in [0.05, 0.1) is 11.4 Å². The number of sulfonamides is 1. The van der Waals surface area contributed by atoms with Crippen molar-refractivity contribution in [2.45, 2.75) is 18.4 Å². The van der Waals surface area contributed by atoms with Gasteiger partial charge in [0, 0.05) is 16.6 Å². The van der Waals surface area contributed by atoms with Crippen LogP contribution in [0.25, 0.3) is 0 Å². The van der Waals surface area contributed by atoms with E-state index in [0.29, 0.717) is 15.6 Å². The van der Waals surface area contributed by atoms with Crippen LogP contribution in [-0.2, 0) is 21.4 Å². The van der Waals surface area contributed by atoms with E-state index in [1.165, 1.54) is 18.2 Å². The van der Waals surface area contributed by atoms with E-state index < -0.39 is 15.9 Å². The zero-order chi connectivity index (χ0) is 17.7. The van der Waals surface area contributed by atoms with Crippen molar-refractivity contribution in [2.75, 3.05) is 6.54 Å². The smallest absolute Gasteiger partial charge is 0.241 e. The maximum absolute atomic E-state index is 12.2. The van der Waals surface area contributed by atoms with Crippen LogP contribution in [0.4, 0.5) is 0 Å². The molecule has 8 heteroatoms. The van der Waals surface area contributed by atoms with Crippen LogP contribution in [0.2, 0.25) is 10.0 Å². The molecule has 0 atom stereocenters. The zero-order valence-electron chi connectivity index (χ0n) is 12.8. The number of benzene rings is 2. The maximum Gasteiger partial charge on any atom is 0.241 e. The Morgan fingerprint density at radius 3 is 2.46 bits per heavy atom. The van der Waals surface area contributed by atoms with Crippen LogP contribution in [0.1, 0.15) is 11.1 Å². The highest BCUT2D eigenvalue weighted by molar-refractivity contribution is 7.89. The lowest BCUT2D eigenvalue weighted by Crippen LogP contribution is -2.36. The Morgan fingerprint density at radius 2 is 1.79 bits per heavy atom. The van der Waals surface area contributed by atoms with E-state index in [4.69, 9.17) is 23.2 Å². The van der Waals surface area contributed by atoms with Crippen molar-refractivity contribution in [3.05, 3.63) is 63.6 Å². The number of carbonyl (C=O) groups is 1. The topological polar surface area (TPSA) is 75.3 Å². The van der Waals surface area contributed by atoms with Gasteiger partial charge in [-0.05, 0) is 42.3 Å². The van der Waals surface area contributed by atoms with Crippen molar-refractivity contribution in [3.8, 4) is 0 Å². The fourth-order valence-electron chi connectivity index (χ4n) is 1.93. The van der Waals surface area contributed by atoms with Gasteiger partial charge in [-0.1, -0.05) is 41.4 Å². The monoisotopic (exact) mass is 386 g/mol. The summed E-state index contributed by atoms with van der Waals surface area (Å²) >= 11 is 11.9. The molecule has 24 heavy (non-hydrogen) atoms. The molecule has 0 unspecified atom stereocenters. The van der Waals surface area contributed by atoms with Gasteiger partial charge in [-0.25, -0.2) is 13.1 Å². The molecule has 0 heterocycles. The van der Waals surface area contributed by atoms with E-state index in [1.54, 1.807) is 31.2 Å². The van der Waals surface area contributed by atoms with Crippen molar-refractivity contribution < 1.29 is 13.2 Å². The molecular weight excluding hydrogens is 371 g/mol. The molecule has 0 saturated heterocycles. The van der Waals surface area contributed by atoms with Crippen molar-refractivity contribution in [1.29, 1.82) is 0 Å². The quantitative estimate of drug-likeness (QED) is 0.801. The number of nitrogens with one attached hydrogen (secondary N) is 2. The van der Waals surface area contributed by atoms with Crippen LogP contribution >= 0.6 is 23.2 Å². The van der Waals surface area contributed by atoms with Crippen LogP contribution in [-0.4, -0.2) is 20.9 Å². The number of halogens is 2. The van der Waals surface area contributed by atoms with E-state index in [1.807, 2.05) is 0 Å². The lowest BCUT2D eigenvalue weighted by molar-refractivity contribution is -0.120. The number of rotatable bonds is 6. The normalized spacial score (nSPS) is 11.3. The highest BCUT2D eigenvalue weighted by Crippen LogP contribution is 2.19. The molecule has 0 aliphatic rings. The number of aryl methyl sites for hydroxylation is 1. The van der Waals surface area contributed by atoms with Crippen molar-refractivity contribution in [1.82, 2.24) is 10.0 Å². The van der Waals surface area contributed by atoms with Crippen molar-refractivity contribution in [2.24, 2.45) is 0 Å².